The summed E-state index contributed by atoms with van der Waals surface area (Å²) < 4.78 is 6.10. The molecule has 1 saturated heterocycles. The average molecular weight is 487 g/mol. The number of morpholine rings is 1. The van der Waals surface area contributed by atoms with Crippen LogP contribution in [-0.4, -0.2) is 49.2 Å². The van der Waals surface area contributed by atoms with Gasteiger partial charge in [0.15, 0.2) is 5.78 Å². The van der Waals surface area contributed by atoms with E-state index in [0.717, 1.165) is 31.8 Å². The summed E-state index contributed by atoms with van der Waals surface area (Å²) in [6.45, 7) is 9.57. The van der Waals surface area contributed by atoms with Gasteiger partial charge in [-0.3, -0.25) is 9.69 Å². The molecule has 4 nitrogen and oxygen atoms in total. The van der Waals surface area contributed by atoms with E-state index in [1.54, 1.807) is 11.8 Å². The molecule has 1 heterocycles. The van der Waals surface area contributed by atoms with Gasteiger partial charge in [-0.2, -0.15) is 0 Å². The summed E-state index contributed by atoms with van der Waals surface area (Å²) in [6, 6.07) is 26.1. The molecule has 0 bridgehead atoms. The Morgan fingerprint density at radius 1 is 1.11 bits per heavy atom. The predicted molar refractivity (Wildman–Crippen MR) is 145 cm³/mol. The van der Waals surface area contributed by atoms with E-state index in [1.807, 2.05) is 60.7 Å². The quantitative estimate of drug-likeness (QED) is 0.219. The molecule has 1 fully saturated rings. The Labute approximate surface area is 213 Å². The van der Waals surface area contributed by atoms with Gasteiger partial charge in [-0.1, -0.05) is 72.8 Å². The average Bonchev–Trinajstić information content (AvgIpc) is 2.93. The number of nitrogens with one attached hydrogen (secondary N) is 1. The fourth-order valence-corrected chi connectivity index (χ4v) is 4.96. The van der Waals surface area contributed by atoms with Crippen molar-refractivity contribution in [3.8, 4) is 0 Å². The molecule has 3 atom stereocenters. The van der Waals surface area contributed by atoms with E-state index >= 15 is 0 Å². The number of rotatable bonds is 10. The zero-order valence-electron chi connectivity index (χ0n) is 20.5. The highest BCUT2D eigenvalue weighted by Crippen LogP contribution is 2.26. The van der Waals surface area contributed by atoms with Crippen LogP contribution in [0.3, 0.4) is 0 Å². The van der Waals surface area contributed by atoms with Crippen LogP contribution in [0.2, 0.25) is 0 Å². The first-order chi connectivity index (χ1) is 17.1. The molecule has 0 amide bonds. The summed E-state index contributed by atoms with van der Waals surface area (Å²) in [5.41, 5.74) is 3.59. The molecule has 0 radical (unpaired) electrons. The first-order valence-electron chi connectivity index (χ1n) is 12.1. The lowest BCUT2D eigenvalue weighted by atomic mass is 9.94. The van der Waals surface area contributed by atoms with E-state index in [4.69, 9.17) is 4.74 Å². The molecule has 1 N–H and O–H groups in total. The molecule has 3 unspecified atom stereocenters. The third kappa shape index (κ3) is 6.30. The number of hydrogen-bond donors (Lipinski definition) is 1. The lowest BCUT2D eigenvalue weighted by Gasteiger charge is -2.37. The highest BCUT2D eigenvalue weighted by atomic mass is 32.2. The van der Waals surface area contributed by atoms with Gasteiger partial charge in [0, 0.05) is 41.7 Å². The van der Waals surface area contributed by atoms with Gasteiger partial charge in [0.1, 0.15) is 0 Å². The highest BCUT2D eigenvalue weighted by Gasteiger charge is 2.26. The Balaban J connectivity index is 1.41. The molecule has 3 aromatic rings. The van der Waals surface area contributed by atoms with Crippen molar-refractivity contribution >= 4 is 17.5 Å². The summed E-state index contributed by atoms with van der Waals surface area (Å²) in [4.78, 5) is 16.9. The summed E-state index contributed by atoms with van der Waals surface area (Å²) >= 11 is 1.75. The van der Waals surface area contributed by atoms with Crippen LogP contribution in [0.4, 0.5) is 0 Å². The number of thioether (sulfide) groups is 1. The van der Waals surface area contributed by atoms with Crippen molar-refractivity contribution in [3.05, 3.63) is 114 Å². The summed E-state index contributed by atoms with van der Waals surface area (Å²) in [6.07, 6.45) is 4.07. The van der Waals surface area contributed by atoms with Crippen LogP contribution in [0.1, 0.15) is 46.1 Å². The molecule has 4 rings (SSSR count). The first kappa shape index (κ1) is 25.4. The second kappa shape index (κ2) is 12.3. The highest BCUT2D eigenvalue weighted by molar-refractivity contribution is 7.98. The molecule has 0 saturated carbocycles. The zero-order valence-corrected chi connectivity index (χ0v) is 21.3. The van der Waals surface area contributed by atoms with Crippen molar-refractivity contribution in [1.82, 2.24) is 10.2 Å². The molecule has 1 aliphatic rings. The number of ether oxygens (including phenoxy) is 1. The number of ketones is 1. The van der Waals surface area contributed by atoms with Crippen LogP contribution in [0.5, 0.6) is 0 Å². The summed E-state index contributed by atoms with van der Waals surface area (Å²) in [7, 11) is 0. The van der Waals surface area contributed by atoms with Crippen molar-refractivity contribution in [2.75, 3.05) is 32.5 Å². The van der Waals surface area contributed by atoms with Crippen molar-refractivity contribution < 1.29 is 9.53 Å². The Hall–Kier alpha value is -2.70. The fraction of sp³-hybridized carbons (Fsp3) is 0.300. The van der Waals surface area contributed by atoms with E-state index in [9.17, 15) is 4.79 Å². The maximum atomic E-state index is 13.2. The number of benzene rings is 3. The van der Waals surface area contributed by atoms with Crippen molar-refractivity contribution in [2.45, 2.75) is 30.0 Å². The number of nitrogens with zero attached hydrogens (tertiary/aromatic N) is 1. The van der Waals surface area contributed by atoms with E-state index in [-0.39, 0.29) is 17.9 Å². The van der Waals surface area contributed by atoms with Gasteiger partial charge in [-0.15, -0.1) is 18.3 Å². The van der Waals surface area contributed by atoms with Crippen molar-refractivity contribution in [3.63, 3.8) is 0 Å². The van der Waals surface area contributed by atoms with Crippen molar-refractivity contribution in [1.29, 1.82) is 0 Å². The van der Waals surface area contributed by atoms with E-state index in [0.29, 0.717) is 17.2 Å². The van der Waals surface area contributed by atoms with E-state index in [1.165, 1.54) is 10.5 Å². The smallest absolute Gasteiger partial charge is 0.193 e. The second-order valence-electron chi connectivity index (χ2n) is 8.88. The topological polar surface area (TPSA) is 41.6 Å². The standard InChI is InChI=1S/C30H34N2O2S/c1-4-28(26-12-8-9-13-27(26)30(33)24-10-6-5-7-11-24)31-20-22(2)32-18-19-34-29(21-32)23-14-16-25(35-3)17-15-23/h4-17,22,28-29,31H,1,18-21H2,2-3H3. The number of hydrogen-bond acceptors (Lipinski definition) is 5. The maximum absolute atomic E-state index is 13.2. The third-order valence-electron chi connectivity index (χ3n) is 6.65. The second-order valence-corrected chi connectivity index (χ2v) is 9.76. The van der Waals surface area contributed by atoms with Crippen LogP contribution in [0.15, 0.2) is 96.4 Å². The Bertz CT molecular complexity index is 1120. The molecule has 182 valence electrons. The number of carbonyl (C=O) groups excluding carboxylic acids is 1. The minimum absolute atomic E-state index is 0.0337. The van der Waals surface area contributed by atoms with Crippen LogP contribution < -0.4 is 5.32 Å². The lowest BCUT2D eigenvalue weighted by molar-refractivity contribution is -0.0424. The van der Waals surface area contributed by atoms with E-state index < -0.39 is 0 Å². The molecule has 0 aliphatic carbocycles. The molecule has 0 aromatic heterocycles. The normalized spacial score (nSPS) is 18.1. The predicted octanol–water partition coefficient (Wildman–Crippen LogP) is 5.92. The van der Waals surface area contributed by atoms with E-state index in [2.05, 4.69) is 54.2 Å². The van der Waals surface area contributed by atoms with Gasteiger partial charge < -0.3 is 10.1 Å². The van der Waals surface area contributed by atoms with Gasteiger partial charge >= 0.3 is 0 Å². The van der Waals surface area contributed by atoms with Gasteiger partial charge in [0.2, 0.25) is 0 Å². The fourth-order valence-electron chi connectivity index (χ4n) is 4.56. The SMILES string of the molecule is C=CC(NCC(C)N1CCOC(c2ccc(SC)cc2)C1)c1ccccc1C(=O)c1ccccc1. The maximum Gasteiger partial charge on any atom is 0.193 e. The van der Waals surface area contributed by atoms with Gasteiger partial charge in [-0.05, 0) is 36.4 Å². The third-order valence-corrected chi connectivity index (χ3v) is 7.40. The Kier molecular flexibility index (Phi) is 8.94. The molecule has 1 aliphatic heterocycles. The van der Waals surface area contributed by atoms with Crippen LogP contribution in [0.25, 0.3) is 0 Å². The molecule has 35 heavy (non-hydrogen) atoms. The monoisotopic (exact) mass is 486 g/mol. The van der Waals surface area contributed by atoms with Gasteiger partial charge in [0.25, 0.3) is 0 Å². The van der Waals surface area contributed by atoms with Crippen LogP contribution in [-0.2, 0) is 4.74 Å². The Morgan fingerprint density at radius 3 is 2.54 bits per heavy atom. The molecule has 0 spiro atoms. The molecule has 5 heteroatoms. The van der Waals surface area contributed by atoms with Gasteiger partial charge in [-0.25, -0.2) is 0 Å². The minimum atomic E-state index is -0.114. The summed E-state index contributed by atoms with van der Waals surface area (Å²) in [5.74, 6) is 0.0337. The summed E-state index contributed by atoms with van der Waals surface area (Å²) in [5, 5.41) is 3.64. The molecular formula is C30H34N2O2S. The van der Waals surface area contributed by atoms with Gasteiger partial charge in [0.05, 0.1) is 18.8 Å². The van der Waals surface area contributed by atoms with Crippen LogP contribution >= 0.6 is 11.8 Å². The zero-order chi connectivity index (χ0) is 24.6. The first-order valence-corrected chi connectivity index (χ1v) is 13.4. The van der Waals surface area contributed by atoms with Crippen LogP contribution in [0, 0.1) is 0 Å². The largest absolute Gasteiger partial charge is 0.371 e. The molecular weight excluding hydrogens is 452 g/mol. The number of carbonyl (C=O) groups is 1. The molecule has 3 aromatic carbocycles. The minimum Gasteiger partial charge on any atom is -0.371 e. The Morgan fingerprint density at radius 2 is 1.83 bits per heavy atom. The van der Waals surface area contributed by atoms with Crippen molar-refractivity contribution in [2.24, 2.45) is 0 Å². The lowest BCUT2D eigenvalue weighted by Crippen LogP contribution is -2.47.